The molecule has 136 valence electrons. The average Bonchev–Trinajstić information content (AvgIpc) is 3.15. The quantitative estimate of drug-likeness (QED) is 0.435. The van der Waals surface area contributed by atoms with Gasteiger partial charge in [-0.2, -0.15) is 4.40 Å². The first kappa shape index (κ1) is 16.5. The number of imidazole rings is 1. The zero-order chi connectivity index (χ0) is 19.1. The smallest absolute Gasteiger partial charge is 0.295 e. The number of methoxy groups -OCH3 is 1. The van der Waals surface area contributed by atoms with Crippen LogP contribution in [0.15, 0.2) is 85.5 Å². The molecule has 3 aromatic heterocycles. The van der Waals surface area contributed by atoms with Gasteiger partial charge >= 0.3 is 0 Å². The number of ether oxygens (including phenoxy) is 1. The fourth-order valence-corrected chi connectivity index (χ4v) is 3.94. The number of aryl methyl sites for hydroxylation is 1. The van der Waals surface area contributed by atoms with Crippen LogP contribution in [0.1, 0.15) is 0 Å². The molecule has 0 aliphatic carbocycles. The van der Waals surface area contributed by atoms with Crippen molar-refractivity contribution in [2.24, 2.45) is 7.05 Å². The molecule has 0 fully saturated rings. The van der Waals surface area contributed by atoms with Crippen molar-refractivity contribution >= 4 is 16.6 Å². The first-order valence-corrected chi connectivity index (χ1v) is 9.24. The fourth-order valence-electron chi connectivity index (χ4n) is 3.94. The highest BCUT2D eigenvalue weighted by atomic mass is 16.5. The number of hydrogen-bond acceptors (Lipinski definition) is 2. The van der Waals surface area contributed by atoms with Gasteiger partial charge in [-0.1, -0.05) is 42.5 Å². The van der Waals surface area contributed by atoms with Gasteiger partial charge in [0, 0.05) is 29.4 Å². The molecule has 0 atom stereocenters. The van der Waals surface area contributed by atoms with E-state index >= 15 is 0 Å². The lowest BCUT2D eigenvalue weighted by atomic mass is 9.92. The van der Waals surface area contributed by atoms with Crippen molar-refractivity contribution in [3.63, 3.8) is 0 Å². The lowest BCUT2D eigenvalue weighted by Gasteiger charge is -2.14. The number of hydrogen-bond donors (Lipinski definition) is 0. The number of pyridine rings is 2. The molecule has 0 unspecified atom stereocenters. The van der Waals surface area contributed by atoms with Crippen LogP contribution >= 0.6 is 0 Å². The summed E-state index contributed by atoms with van der Waals surface area (Å²) in [6, 6.07) is 20.9. The second kappa shape index (κ2) is 6.50. The molecule has 0 N–H and O–H groups in total. The van der Waals surface area contributed by atoms with Crippen molar-refractivity contribution in [3.05, 3.63) is 85.5 Å². The van der Waals surface area contributed by atoms with E-state index in [1.165, 1.54) is 16.7 Å². The molecule has 28 heavy (non-hydrogen) atoms. The van der Waals surface area contributed by atoms with Gasteiger partial charge in [-0.05, 0) is 23.3 Å². The summed E-state index contributed by atoms with van der Waals surface area (Å²) in [4.78, 5) is 4.44. The predicted octanol–water partition coefficient (Wildman–Crippen LogP) is 4.65. The van der Waals surface area contributed by atoms with Crippen LogP contribution in [0.4, 0.5) is 0 Å². The van der Waals surface area contributed by atoms with Crippen molar-refractivity contribution in [3.8, 4) is 28.0 Å². The Morgan fingerprint density at radius 3 is 2.39 bits per heavy atom. The molecular weight excluding hydrogens is 346 g/mol. The number of fused-ring (bicyclic) bond motifs is 3. The van der Waals surface area contributed by atoms with E-state index < -0.39 is 0 Å². The van der Waals surface area contributed by atoms with Gasteiger partial charge in [-0.25, -0.2) is 4.57 Å². The zero-order valence-corrected chi connectivity index (χ0v) is 15.8. The Hall–Kier alpha value is -3.66. The average molecular weight is 366 g/mol. The largest absolute Gasteiger partial charge is 0.497 e. The maximum atomic E-state index is 5.36. The van der Waals surface area contributed by atoms with Crippen LogP contribution in [0.5, 0.6) is 5.75 Å². The summed E-state index contributed by atoms with van der Waals surface area (Å²) in [6.07, 6.45) is 8.02. The first-order chi connectivity index (χ1) is 13.8. The lowest BCUT2D eigenvalue weighted by molar-refractivity contribution is -0.644. The Morgan fingerprint density at radius 2 is 1.64 bits per heavy atom. The van der Waals surface area contributed by atoms with Crippen LogP contribution in [0.3, 0.4) is 0 Å². The van der Waals surface area contributed by atoms with Crippen LogP contribution in [-0.2, 0) is 7.05 Å². The van der Waals surface area contributed by atoms with Gasteiger partial charge in [-0.3, -0.25) is 4.98 Å². The third-order valence-electron chi connectivity index (χ3n) is 5.24. The van der Waals surface area contributed by atoms with Crippen LogP contribution in [0, 0.1) is 0 Å². The normalized spacial score (nSPS) is 11.2. The maximum absolute atomic E-state index is 5.36. The summed E-state index contributed by atoms with van der Waals surface area (Å²) >= 11 is 0. The SMILES string of the molecule is COc1ccc(-c2c(-c3ccccc3)c3n(cc[n+]3C)c3ccncc23)cc1. The van der Waals surface area contributed by atoms with E-state index in [0.717, 1.165) is 27.9 Å². The molecule has 5 rings (SSSR count). The van der Waals surface area contributed by atoms with E-state index in [9.17, 15) is 0 Å². The Morgan fingerprint density at radius 1 is 0.893 bits per heavy atom. The fraction of sp³-hybridized carbons (Fsp3) is 0.0833. The van der Waals surface area contributed by atoms with Gasteiger partial charge in [0.25, 0.3) is 5.65 Å². The summed E-state index contributed by atoms with van der Waals surface area (Å²) in [5.41, 5.74) is 6.98. The van der Waals surface area contributed by atoms with Gasteiger partial charge in [-0.15, -0.1) is 0 Å². The van der Waals surface area contributed by atoms with E-state index in [4.69, 9.17) is 4.74 Å². The topological polar surface area (TPSA) is 30.4 Å². The molecule has 4 heteroatoms. The monoisotopic (exact) mass is 366 g/mol. The van der Waals surface area contributed by atoms with Crippen LogP contribution in [0.25, 0.3) is 38.8 Å². The maximum Gasteiger partial charge on any atom is 0.295 e. The molecular formula is C24H20N3O+. The number of rotatable bonds is 3. The molecule has 2 aromatic carbocycles. The third kappa shape index (κ3) is 2.46. The minimum atomic E-state index is 0.849. The highest BCUT2D eigenvalue weighted by molar-refractivity contribution is 6.06. The molecule has 3 heterocycles. The molecule has 0 amide bonds. The number of benzene rings is 2. The summed E-state index contributed by atoms with van der Waals surface area (Å²) in [5, 5.41) is 1.12. The van der Waals surface area contributed by atoms with Crippen molar-refractivity contribution in [1.82, 2.24) is 9.38 Å². The number of aromatic nitrogens is 3. The minimum Gasteiger partial charge on any atom is -0.497 e. The lowest BCUT2D eigenvalue weighted by Crippen LogP contribution is -2.26. The van der Waals surface area contributed by atoms with Crippen LogP contribution < -0.4 is 9.30 Å². The van der Waals surface area contributed by atoms with Gasteiger partial charge < -0.3 is 4.74 Å². The Bertz CT molecular complexity index is 1290. The highest BCUT2D eigenvalue weighted by Gasteiger charge is 2.24. The summed E-state index contributed by atoms with van der Waals surface area (Å²) in [6.45, 7) is 0. The standard InChI is InChI=1S/C24H20N3O/c1-26-14-15-27-21-12-13-25-16-20(21)22(18-8-10-19(28-2)11-9-18)23(24(26)27)17-6-4-3-5-7-17/h3-16H,1-2H3/q+1. The summed E-state index contributed by atoms with van der Waals surface area (Å²) in [7, 11) is 3.78. The van der Waals surface area contributed by atoms with Gasteiger partial charge in [0.15, 0.2) is 0 Å². The molecule has 4 nitrogen and oxygen atoms in total. The van der Waals surface area contributed by atoms with E-state index in [1.54, 1.807) is 7.11 Å². The van der Waals surface area contributed by atoms with Crippen LogP contribution in [-0.4, -0.2) is 16.5 Å². The first-order valence-electron chi connectivity index (χ1n) is 9.24. The highest BCUT2D eigenvalue weighted by Crippen LogP contribution is 2.40. The van der Waals surface area contributed by atoms with Crippen molar-refractivity contribution in [1.29, 1.82) is 0 Å². The van der Waals surface area contributed by atoms with E-state index in [1.807, 2.05) is 24.5 Å². The summed E-state index contributed by atoms with van der Waals surface area (Å²) in [5.74, 6) is 0.849. The van der Waals surface area contributed by atoms with Crippen LogP contribution in [0.2, 0.25) is 0 Å². The molecule has 0 aliphatic rings. The van der Waals surface area contributed by atoms with E-state index in [0.29, 0.717) is 0 Å². The molecule has 0 saturated heterocycles. The Labute approximate surface area is 163 Å². The molecule has 5 aromatic rings. The van der Waals surface area contributed by atoms with Gasteiger partial charge in [0.05, 0.1) is 19.7 Å². The van der Waals surface area contributed by atoms with Gasteiger partial charge in [0.1, 0.15) is 23.7 Å². The van der Waals surface area contributed by atoms with E-state index in [2.05, 4.69) is 81.9 Å². The second-order valence-electron chi connectivity index (χ2n) is 6.84. The molecule has 0 saturated carbocycles. The Kier molecular flexibility index (Phi) is 3.83. The molecule has 0 bridgehead atoms. The third-order valence-corrected chi connectivity index (χ3v) is 5.24. The molecule has 0 radical (unpaired) electrons. The predicted molar refractivity (Wildman–Crippen MR) is 111 cm³/mol. The Balaban J connectivity index is 1.99. The number of nitrogens with zero attached hydrogens (tertiary/aromatic N) is 3. The summed E-state index contributed by atoms with van der Waals surface area (Å²) < 4.78 is 9.78. The van der Waals surface area contributed by atoms with Gasteiger partial charge in [0.2, 0.25) is 0 Å². The van der Waals surface area contributed by atoms with Crippen molar-refractivity contribution < 1.29 is 9.30 Å². The molecule has 0 spiro atoms. The zero-order valence-electron chi connectivity index (χ0n) is 15.8. The van der Waals surface area contributed by atoms with Crippen molar-refractivity contribution in [2.45, 2.75) is 0 Å². The van der Waals surface area contributed by atoms with E-state index in [-0.39, 0.29) is 0 Å². The second-order valence-corrected chi connectivity index (χ2v) is 6.84. The van der Waals surface area contributed by atoms with Crippen molar-refractivity contribution in [2.75, 3.05) is 7.11 Å². The molecule has 0 aliphatic heterocycles. The minimum absolute atomic E-state index is 0.849.